The van der Waals surface area contributed by atoms with E-state index in [1.807, 2.05) is 42.2 Å². The molecule has 4 heterocycles. The summed E-state index contributed by atoms with van der Waals surface area (Å²) in [5, 5.41) is 11.4. The lowest BCUT2D eigenvalue weighted by Gasteiger charge is -2.38. The number of carbonyl (C=O) groups is 3. The van der Waals surface area contributed by atoms with Crippen LogP contribution in [0.2, 0.25) is 0 Å². The molecule has 0 bridgehead atoms. The normalized spacial score (nSPS) is 28.6. The van der Waals surface area contributed by atoms with Gasteiger partial charge in [0.1, 0.15) is 6.04 Å². The van der Waals surface area contributed by atoms with Crippen molar-refractivity contribution in [3.8, 4) is 0 Å². The van der Waals surface area contributed by atoms with E-state index in [2.05, 4.69) is 0 Å². The van der Waals surface area contributed by atoms with Gasteiger partial charge in [-0.2, -0.15) is 0 Å². The third-order valence-corrected chi connectivity index (χ3v) is 7.87. The number of amides is 2. The van der Waals surface area contributed by atoms with Crippen LogP contribution in [0.3, 0.4) is 0 Å². The predicted octanol–water partition coefficient (Wildman–Crippen LogP) is 3.23. The Morgan fingerprint density at radius 1 is 1.11 bits per heavy atom. The van der Waals surface area contributed by atoms with Crippen LogP contribution in [0.1, 0.15) is 35.7 Å². The first kappa shape index (κ1) is 22.6. The van der Waals surface area contributed by atoms with E-state index in [1.54, 1.807) is 0 Å². The van der Waals surface area contributed by atoms with Crippen molar-refractivity contribution in [3.05, 3.63) is 75.8 Å². The summed E-state index contributed by atoms with van der Waals surface area (Å²) in [6.07, 6.45) is 3.45. The number of hydrogen-bond acceptors (Lipinski definition) is 7. The molecule has 2 amide bonds. The summed E-state index contributed by atoms with van der Waals surface area (Å²) >= 11 is 0. The zero-order valence-electron chi connectivity index (χ0n) is 19.7. The monoisotopic (exact) mass is 487 g/mol. The third-order valence-electron chi connectivity index (χ3n) is 7.87. The lowest BCUT2D eigenvalue weighted by atomic mass is 9.85. The van der Waals surface area contributed by atoms with E-state index in [0.717, 1.165) is 29.7 Å². The van der Waals surface area contributed by atoms with Gasteiger partial charge < -0.3 is 9.64 Å². The van der Waals surface area contributed by atoms with Gasteiger partial charge in [-0.1, -0.05) is 36.4 Å². The van der Waals surface area contributed by atoms with Crippen molar-refractivity contribution in [2.24, 2.45) is 11.8 Å². The number of ether oxygens (including phenoxy) is 1. The van der Waals surface area contributed by atoms with E-state index in [4.69, 9.17) is 4.74 Å². The summed E-state index contributed by atoms with van der Waals surface area (Å²) < 4.78 is 5.68. The molecule has 0 saturated carbocycles. The Balaban J connectivity index is 1.46. The van der Waals surface area contributed by atoms with Crippen LogP contribution in [0.5, 0.6) is 0 Å². The fraction of sp³-hybridized carbons (Fsp3) is 0.370. The number of nitrogens with zero attached hydrogens (tertiary/aromatic N) is 3. The van der Waals surface area contributed by atoms with Gasteiger partial charge in [0.15, 0.2) is 5.78 Å². The molecule has 4 aliphatic heterocycles. The second-order valence-corrected chi connectivity index (χ2v) is 9.85. The SMILES string of the molecule is CC1=C[C@@H]2[C@H]3C(=O)N(C[C@@H]4CCCO4)C(=O)[C@H]3[C@@H](C(=O)c3cccc([N+](=O)[O-])c3)N2c2ccccc21. The number of anilines is 1. The second-order valence-electron chi connectivity index (χ2n) is 9.85. The fourth-order valence-electron chi connectivity index (χ4n) is 6.27. The van der Waals surface area contributed by atoms with E-state index in [0.29, 0.717) is 6.61 Å². The molecule has 0 unspecified atom stereocenters. The number of carbonyl (C=O) groups excluding carboxylic acids is 3. The van der Waals surface area contributed by atoms with Gasteiger partial charge in [-0.3, -0.25) is 29.4 Å². The summed E-state index contributed by atoms with van der Waals surface area (Å²) in [6, 6.07) is 11.8. The molecule has 0 radical (unpaired) electrons. The molecule has 5 atom stereocenters. The molecular formula is C27H25N3O6. The molecule has 0 aromatic heterocycles. The highest BCUT2D eigenvalue weighted by Gasteiger charge is 2.64. The number of allylic oxidation sites excluding steroid dienone is 1. The van der Waals surface area contributed by atoms with Gasteiger partial charge in [0.25, 0.3) is 5.69 Å². The highest BCUT2D eigenvalue weighted by molar-refractivity contribution is 6.14. The van der Waals surface area contributed by atoms with Crippen LogP contribution in [0.25, 0.3) is 5.57 Å². The number of para-hydroxylation sites is 1. The lowest BCUT2D eigenvalue weighted by molar-refractivity contribution is -0.384. The quantitative estimate of drug-likeness (QED) is 0.276. The largest absolute Gasteiger partial charge is 0.376 e. The first-order chi connectivity index (χ1) is 17.4. The van der Waals surface area contributed by atoms with Gasteiger partial charge in [0, 0.05) is 35.6 Å². The van der Waals surface area contributed by atoms with E-state index in [9.17, 15) is 24.5 Å². The minimum absolute atomic E-state index is 0.148. The number of imide groups is 1. The maximum Gasteiger partial charge on any atom is 0.270 e. The standard InChI is InChI=1S/C27H25N3O6/c1-15-12-21-22-23(27(33)28(26(22)32)14-18-8-5-11-36-18)24(29(21)20-10-3-2-9-19(15)20)25(31)16-6-4-7-17(13-16)30(34)35/h2-4,6-7,9-10,12-13,18,21-24H,5,8,11,14H2,1H3/t18-,21+,22+,23+,24-/m0/s1. The Hall–Kier alpha value is -3.85. The summed E-state index contributed by atoms with van der Waals surface area (Å²) in [7, 11) is 0. The van der Waals surface area contributed by atoms with Crippen molar-refractivity contribution in [2.45, 2.75) is 38.0 Å². The van der Waals surface area contributed by atoms with Crippen molar-refractivity contribution < 1.29 is 24.0 Å². The molecule has 9 nitrogen and oxygen atoms in total. The van der Waals surface area contributed by atoms with Crippen LogP contribution in [0.4, 0.5) is 11.4 Å². The molecule has 3 fully saturated rings. The summed E-state index contributed by atoms with van der Waals surface area (Å²) in [4.78, 5) is 55.5. The third kappa shape index (κ3) is 3.30. The predicted molar refractivity (Wildman–Crippen MR) is 130 cm³/mol. The molecule has 2 aromatic carbocycles. The van der Waals surface area contributed by atoms with E-state index >= 15 is 0 Å². The zero-order valence-corrected chi connectivity index (χ0v) is 19.7. The van der Waals surface area contributed by atoms with Gasteiger partial charge in [0.2, 0.25) is 11.8 Å². The van der Waals surface area contributed by atoms with Crippen molar-refractivity contribution in [2.75, 3.05) is 18.1 Å². The van der Waals surface area contributed by atoms with Crippen molar-refractivity contribution >= 4 is 34.5 Å². The minimum atomic E-state index is -0.960. The van der Waals surface area contributed by atoms with Crippen LogP contribution in [0, 0.1) is 22.0 Å². The molecule has 0 N–H and O–H groups in total. The molecule has 184 valence electrons. The number of likely N-dealkylation sites (tertiary alicyclic amines) is 1. The second kappa shape index (κ2) is 8.37. The molecular weight excluding hydrogens is 462 g/mol. The number of rotatable bonds is 5. The molecule has 36 heavy (non-hydrogen) atoms. The molecule has 3 saturated heterocycles. The van der Waals surface area contributed by atoms with E-state index in [1.165, 1.54) is 29.2 Å². The lowest BCUT2D eigenvalue weighted by Crippen LogP contribution is -2.49. The van der Waals surface area contributed by atoms with Crippen molar-refractivity contribution in [1.29, 1.82) is 0 Å². The van der Waals surface area contributed by atoms with E-state index < -0.39 is 34.6 Å². The van der Waals surface area contributed by atoms with Crippen LogP contribution in [0.15, 0.2) is 54.6 Å². The Labute approximate surface area is 207 Å². The number of ketones is 1. The average molecular weight is 488 g/mol. The maximum absolute atomic E-state index is 14.0. The molecule has 6 rings (SSSR count). The number of non-ortho nitro benzene ring substituents is 1. The minimum Gasteiger partial charge on any atom is -0.376 e. The van der Waals surface area contributed by atoms with Crippen LogP contribution >= 0.6 is 0 Å². The number of nitro groups is 1. The van der Waals surface area contributed by atoms with Gasteiger partial charge >= 0.3 is 0 Å². The van der Waals surface area contributed by atoms with Gasteiger partial charge in [-0.05, 0) is 31.4 Å². The first-order valence-electron chi connectivity index (χ1n) is 12.2. The van der Waals surface area contributed by atoms with Crippen LogP contribution in [-0.4, -0.2) is 58.8 Å². The number of hydrogen-bond donors (Lipinski definition) is 0. The van der Waals surface area contributed by atoms with Gasteiger partial charge in [-0.25, -0.2) is 0 Å². The number of benzene rings is 2. The first-order valence-corrected chi connectivity index (χ1v) is 12.2. The average Bonchev–Trinajstić information content (AvgIpc) is 3.57. The smallest absolute Gasteiger partial charge is 0.270 e. The Kier molecular flexibility index (Phi) is 5.26. The zero-order chi connectivity index (χ0) is 25.1. The van der Waals surface area contributed by atoms with Crippen molar-refractivity contribution in [3.63, 3.8) is 0 Å². The van der Waals surface area contributed by atoms with Crippen LogP contribution < -0.4 is 4.90 Å². The Bertz CT molecular complexity index is 1330. The summed E-state index contributed by atoms with van der Waals surface area (Å²) in [5.41, 5.74) is 2.64. The van der Waals surface area contributed by atoms with E-state index in [-0.39, 0.29) is 35.7 Å². The number of fused-ring (bicyclic) bond motifs is 5. The highest BCUT2D eigenvalue weighted by Crippen LogP contribution is 2.50. The molecule has 2 aromatic rings. The Morgan fingerprint density at radius 2 is 1.89 bits per heavy atom. The molecule has 0 spiro atoms. The Morgan fingerprint density at radius 3 is 2.64 bits per heavy atom. The maximum atomic E-state index is 14.0. The van der Waals surface area contributed by atoms with Crippen molar-refractivity contribution in [1.82, 2.24) is 4.90 Å². The molecule has 0 aliphatic carbocycles. The topological polar surface area (TPSA) is 110 Å². The van der Waals surface area contributed by atoms with Gasteiger partial charge in [-0.15, -0.1) is 0 Å². The molecule has 9 heteroatoms. The van der Waals surface area contributed by atoms with Gasteiger partial charge in [0.05, 0.1) is 35.4 Å². The number of Topliss-reactive ketones (excluding diaryl/α,β-unsaturated/α-hetero) is 1. The van der Waals surface area contributed by atoms with Crippen LogP contribution in [-0.2, 0) is 14.3 Å². The summed E-state index contributed by atoms with van der Waals surface area (Å²) in [6.45, 7) is 2.76. The summed E-state index contributed by atoms with van der Waals surface area (Å²) in [5.74, 6) is -2.66. The fourth-order valence-corrected chi connectivity index (χ4v) is 6.27. The highest BCUT2D eigenvalue weighted by atomic mass is 16.6. The molecule has 4 aliphatic rings. The number of nitro benzene ring substituents is 1.